The number of hydrogen-bond acceptors (Lipinski definition) is 3. The molecule has 20 heavy (non-hydrogen) atoms. The minimum Gasteiger partial charge on any atom is -0.434 e. The van der Waals surface area contributed by atoms with E-state index in [0.717, 1.165) is 6.54 Å². The largest absolute Gasteiger partial charge is 0.434 e. The molecule has 1 rings (SSSR count). The van der Waals surface area contributed by atoms with Crippen molar-refractivity contribution in [2.75, 3.05) is 13.6 Å². The molecular weight excluding hydrogens is 290 g/mol. The minimum atomic E-state index is -2.92. The van der Waals surface area contributed by atoms with Gasteiger partial charge in [-0.05, 0) is 38.2 Å². The molecule has 2 N–H and O–H groups in total. The van der Waals surface area contributed by atoms with E-state index in [-0.39, 0.29) is 18.2 Å². The summed E-state index contributed by atoms with van der Waals surface area (Å²) in [6, 6.07) is 4.31. The summed E-state index contributed by atoms with van der Waals surface area (Å²) >= 11 is 5.81. The van der Waals surface area contributed by atoms with E-state index >= 15 is 0 Å². The van der Waals surface area contributed by atoms with Crippen LogP contribution >= 0.6 is 11.6 Å². The maximum absolute atomic E-state index is 12.3. The van der Waals surface area contributed by atoms with Crippen molar-refractivity contribution in [3.05, 3.63) is 28.8 Å². The number of hydrogen-bond donors (Lipinski definition) is 2. The van der Waals surface area contributed by atoms with Crippen LogP contribution in [0, 0.1) is 0 Å². The topological polar surface area (TPSA) is 50.4 Å². The Labute approximate surface area is 121 Å². The average Bonchev–Trinajstić information content (AvgIpc) is 2.39. The van der Waals surface area contributed by atoms with Gasteiger partial charge in [0.25, 0.3) is 0 Å². The van der Waals surface area contributed by atoms with Crippen LogP contribution in [0.4, 0.5) is 8.78 Å². The minimum absolute atomic E-state index is 0.0138. The number of rotatable bonds is 8. The lowest BCUT2D eigenvalue weighted by Gasteiger charge is -2.12. The second-order valence-electron chi connectivity index (χ2n) is 4.11. The van der Waals surface area contributed by atoms with Crippen LogP contribution in [0.5, 0.6) is 5.75 Å². The third kappa shape index (κ3) is 6.16. The van der Waals surface area contributed by atoms with Crippen molar-refractivity contribution in [2.24, 2.45) is 0 Å². The van der Waals surface area contributed by atoms with Gasteiger partial charge in [-0.1, -0.05) is 11.6 Å². The first-order valence-electron chi connectivity index (χ1n) is 6.17. The first-order chi connectivity index (χ1) is 9.52. The Balaban J connectivity index is 2.57. The number of benzene rings is 1. The van der Waals surface area contributed by atoms with Gasteiger partial charge in [0.05, 0.1) is 0 Å². The molecule has 1 aromatic rings. The quantitative estimate of drug-likeness (QED) is 0.726. The lowest BCUT2D eigenvalue weighted by molar-refractivity contribution is -0.121. The van der Waals surface area contributed by atoms with E-state index < -0.39 is 6.61 Å². The monoisotopic (exact) mass is 306 g/mol. The summed E-state index contributed by atoms with van der Waals surface area (Å²) in [5.41, 5.74) is 0.416. The van der Waals surface area contributed by atoms with Crippen LogP contribution in [0.2, 0.25) is 5.02 Å². The highest BCUT2D eigenvalue weighted by molar-refractivity contribution is 6.30. The molecule has 0 saturated carbocycles. The Kier molecular flexibility index (Phi) is 7.25. The number of nitrogens with one attached hydrogen (secondary N) is 2. The Morgan fingerprint density at radius 2 is 2.20 bits per heavy atom. The zero-order valence-electron chi connectivity index (χ0n) is 11.1. The zero-order valence-corrected chi connectivity index (χ0v) is 11.8. The fourth-order valence-electron chi connectivity index (χ4n) is 1.61. The lowest BCUT2D eigenvalue weighted by atomic mass is 10.2. The SMILES string of the molecule is CNCCCC(=O)NCc1cc(Cl)ccc1OC(F)F. The Morgan fingerprint density at radius 1 is 1.45 bits per heavy atom. The van der Waals surface area contributed by atoms with Gasteiger partial charge in [0.15, 0.2) is 0 Å². The molecule has 7 heteroatoms. The highest BCUT2D eigenvalue weighted by Gasteiger charge is 2.11. The van der Waals surface area contributed by atoms with Crippen LogP contribution in [0.3, 0.4) is 0 Å². The Hall–Kier alpha value is -1.40. The normalized spacial score (nSPS) is 10.7. The second-order valence-corrected chi connectivity index (χ2v) is 4.55. The molecule has 0 atom stereocenters. The van der Waals surface area contributed by atoms with Crippen LogP contribution in [0.1, 0.15) is 18.4 Å². The second kappa shape index (κ2) is 8.71. The molecule has 0 radical (unpaired) electrons. The molecular formula is C13H17ClF2N2O2. The van der Waals surface area contributed by atoms with E-state index in [1.807, 2.05) is 0 Å². The molecule has 4 nitrogen and oxygen atoms in total. The maximum atomic E-state index is 12.3. The number of carbonyl (C=O) groups is 1. The van der Waals surface area contributed by atoms with E-state index in [4.69, 9.17) is 11.6 Å². The van der Waals surface area contributed by atoms with Gasteiger partial charge in [-0.3, -0.25) is 4.79 Å². The molecule has 0 unspecified atom stereocenters. The van der Waals surface area contributed by atoms with E-state index in [9.17, 15) is 13.6 Å². The van der Waals surface area contributed by atoms with Crippen LogP contribution in [-0.4, -0.2) is 26.1 Å². The number of ether oxygens (including phenoxy) is 1. The lowest BCUT2D eigenvalue weighted by Crippen LogP contribution is -2.24. The highest BCUT2D eigenvalue weighted by atomic mass is 35.5. The Morgan fingerprint density at radius 3 is 2.85 bits per heavy atom. The predicted octanol–water partition coefficient (Wildman–Crippen LogP) is 2.56. The molecule has 0 bridgehead atoms. The van der Waals surface area contributed by atoms with Crippen molar-refractivity contribution in [3.8, 4) is 5.75 Å². The van der Waals surface area contributed by atoms with Crippen molar-refractivity contribution in [2.45, 2.75) is 26.0 Å². The molecule has 0 aliphatic carbocycles. The van der Waals surface area contributed by atoms with Crippen LogP contribution < -0.4 is 15.4 Å². The number of alkyl halides is 2. The van der Waals surface area contributed by atoms with Gasteiger partial charge < -0.3 is 15.4 Å². The molecule has 0 aliphatic rings. The van der Waals surface area contributed by atoms with Crippen LogP contribution in [-0.2, 0) is 11.3 Å². The smallest absolute Gasteiger partial charge is 0.387 e. The van der Waals surface area contributed by atoms with E-state index in [1.165, 1.54) is 18.2 Å². The van der Waals surface area contributed by atoms with Crippen LogP contribution in [0.15, 0.2) is 18.2 Å². The summed E-state index contributed by atoms with van der Waals surface area (Å²) in [4.78, 5) is 11.5. The molecule has 1 amide bonds. The summed E-state index contributed by atoms with van der Waals surface area (Å²) in [5.74, 6) is -0.136. The molecule has 0 saturated heterocycles. The zero-order chi connectivity index (χ0) is 15.0. The van der Waals surface area contributed by atoms with Gasteiger partial charge in [-0.15, -0.1) is 0 Å². The number of halogens is 3. The Bertz CT molecular complexity index is 444. The van der Waals surface area contributed by atoms with Crippen molar-refractivity contribution >= 4 is 17.5 Å². The number of carbonyl (C=O) groups excluding carboxylic acids is 1. The van der Waals surface area contributed by atoms with Crippen molar-refractivity contribution < 1.29 is 18.3 Å². The predicted molar refractivity (Wildman–Crippen MR) is 73.1 cm³/mol. The van der Waals surface area contributed by atoms with Crippen molar-refractivity contribution in [1.29, 1.82) is 0 Å². The van der Waals surface area contributed by atoms with Gasteiger partial charge in [-0.2, -0.15) is 8.78 Å². The fourth-order valence-corrected chi connectivity index (χ4v) is 1.80. The third-order valence-corrected chi connectivity index (χ3v) is 2.78. The standard InChI is InChI=1S/C13H17ClF2N2O2/c1-17-6-2-3-12(19)18-8-9-7-10(14)4-5-11(9)20-13(15)16/h4-5,7,13,17H,2-3,6,8H2,1H3,(H,18,19). The highest BCUT2D eigenvalue weighted by Crippen LogP contribution is 2.24. The molecule has 0 spiro atoms. The van der Waals surface area contributed by atoms with Gasteiger partial charge in [0.1, 0.15) is 5.75 Å². The summed E-state index contributed by atoms with van der Waals surface area (Å²) in [6.45, 7) is -2.08. The van der Waals surface area contributed by atoms with Gasteiger partial charge in [-0.25, -0.2) is 0 Å². The summed E-state index contributed by atoms with van der Waals surface area (Å²) in [7, 11) is 1.80. The maximum Gasteiger partial charge on any atom is 0.387 e. The summed E-state index contributed by atoms with van der Waals surface area (Å²) in [6.07, 6.45) is 1.07. The molecule has 112 valence electrons. The molecule has 0 fully saturated rings. The van der Waals surface area contributed by atoms with E-state index in [0.29, 0.717) is 23.4 Å². The summed E-state index contributed by atoms with van der Waals surface area (Å²) < 4.78 is 28.9. The van der Waals surface area contributed by atoms with Gasteiger partial charge >= 0.3 is 6.61 Å². The number of amides is 1. The van der Waals surface area contributed by atoms with Gasteiger partial charge in [0, 0.05) is 23.6 Å². The fraction of sp³-hybridized carbons (Fsp3) is 0.462. The van der Waals surface area contributed by atoms with Crippen molar-refractivity contribution in [3.63, 3.8) is 0 Å². The third-order valence-electron chi connectivity index (χ3n) is 2.55. The van der Waals surface area contributed by atoms with E-state index in [2.05, 4.69) is 15.4 Å². The molecule has 1 aromatic carbocycles. The molecule has 0 aromatic heterocycles. The molecule has 0 aliphatic heterocycles. The first-order valence-corrected chi connectivity index (χ1v) is 6.55. The first kappa shape index (κ1) is 16.7. The summed E-state index contributed by atoms with van der Waals surface area (Å²) in [5, 5.41) is 5.98. The molecule has 0 heterocycles. The average molecular weight is 307 g/mol. The van der Waals surface area contributed by atoms with Gasteiger partial charge in [0.2, 0.25) is 5.91 Å². The van der Waals surface area contributed by atoms with E-state index in [1.54, 1.807) is 7.05 Å². The van der Waals surface area contributed by atoms with Crippen LogP contribution in [0.25, 0.3) is 0 Å². The van der Waals surface area contributed by atoms with Crippen molar-refractivity contribution in [1.82, 2.24) is 10.6 Å².